The molecule has 0 aliphatic carbocycles. The van der Waals surface area contributed by atoms with Gasteiger partial charge < -0.3 is 14.9 Å². The lowest BCUT2D eigenvalue weighted by atomic mass is 9.97. The van der Waals surface area contributed by atoms with Crippen LogP contribution in [0.2, 0.25) is 0 Å². The fraction of sp³-hybridized carbons (Fsp3) is 0.619. The summed E-state index contributed by atoms with van der Waals surface area (Å²) in [5.41, 5.74) is 0.839. The Labute approximate surface area is 172 Å². The largest absolute Gasteiger partial charge is 0.386 e. The number of pyridine rings is 1. The highest BCUT2D eigenvalue weighted by atomic mass is 16.3. The van der Waals surface area contributed by atoms with Crippen LogP contribution in [0.15, 0.2) is 24.5 Å². The van der Waals surface area contributed by atoms with Gasteiger partial charge in [0.25, 0.3) is 0 Å². The maximum Gasteiger partial charge on any atom is 0.320 e. The summed E-state index contributed by atoms with van der Waals surface area (Å²) in [5, 5.41) is 19.3. The summed E-state index contributed by atoms with van der Waals surface area (Å²) in [6.07, 6.45) is 2.76. The van der Waals surface area contributed by atoms with Crippen LogP contribution < -0.4 is 0 Å². The molecule has 1 aliphatic heterocycles. The molecule has 1 aliphatic rings. The number of urea groups is 1. The summed E-state index contributed by atoms with van der Waals surface area (Å²) in [4.78, 5) is 34.7. The minimum Gasteiger partial charge on any atom is -0.386 e. The molecule has 2 unspecified atom stereocenters. The van der Waals surface area contributed by atoms with E-state index in [1.807, 2.05) is 30.9 Å². The summed E-state index contributed by atoms with van der Waals surface area (Å²) in [6.45, 7) is 7.47. The Morgan fingerprint density at radius 2 is 1.93 bits per heavy atom. The SMILES string of the molecule is CC(C)C[C@@H](C(=O)C(C)O)N(C)C(=O)N1CCN(C(C#N)c2cccnc2)CC1. The van der Waals surface area contributed by atoms with Gasteiger partial charge in [-0.05, 0) is 25.3 Å². The van der Waals surface area contributed by atoms with Crippen molar-refractivity contribution in [3.8, 4) is 6.07 Å². The molecule has 2 amide bonds. The predicted molar refractivity (Wildman–Crippen MR) is 109 cm³/mol. The Hall–Kier alpha value is -2.50. The van der Waals surface area contributed by atoms with E-state index in [1.54, 1.807) is 24.3 Å². The fourth-order valence-corrected chi connectivity index (χ4v) is 3.62. The standard InChI is InChI=1S/C21H31N5O3/c1-15(2)12-18(20(28)16(3)27)24(4)21(29)26-10-8-25(9-11-26)19(13-22)17-6-5-7-23-14-17/h5-7,14-16,18-19,27H,8-12H2,1-4H3/t16?,18-,19?/m0/s1. The van der Waals surface area contributed by atoms with Crippen molar-refractivity contribution in [1.82, 2.24) is 19.7 Å². The molecule has 8 nitrogen and oxygen atoms in total. The lowest BCUT2D eigenvalue weighted by Gasteiger charge is -2.40. The number of hydrogen-bond donors (Lipinski definition) is 1. The third-order valence-electron chi connectivity index (χ3n) is 5.28. The Balaban J connectivity index is 2.02. The van der Waals surface area contributed by atoms with Gasteiger partial charge in [0.2, 0.25) is 0 Å². The smallest absolute Gasteiger partial charge is 0.320 e. The number of likely N-dealkylation sites (N-methyl/N-ethyl adjacent to an activating group) is 1. The van der Waals surface area contributed by atoms with Crippen LogP contribution in [0, 0.1) is 17.2 Å². The summed E-state index contributed by atoms with van der Waals surface area (Å²) in [6, 6.07) is 4.74. The molecule has 2 heterocycles. The van der Waals surface area contributed by atoms with Crippen LogP contribution in [0.3, 0.4) is 0 Å². The minimum absolute atomic E-state index is 0.214. The monoisotopic (exact) mass is 401 g/mol. The second-order valence-electron chi connectivity index (χ2n) is 7.96. The molecular formula is C21H31N5O3. The third kappa shape index (κ3) is 5.75. The zero-order valence-electron chi connectivity index (χ0n) is 17.7. The molecule has 3 atom stereocenters. The van der Waals surface area contributed by atoms with Crippen LogP contribution in [-0.4, -0.2) is 82.0 Å². The molecule has 2 rings (SSSR count). The maximum absolute atomic E-state index is 13.0. The maximum atomic E-state index is 13.0. The van der Waals surface area contributed by atoms with Crippen molar-refractivity contribution in [1.29, 1.82) is 5.26 Å². The Kier molecular flexibility index (Phi) is 8.11. The number of aromatic nitrogens is 1. The molecule has 0 spiro atoms. The topological polar surface area (TPSA) is 101 Å². The van der Waals surface area contributed by atoms with Crippen LogP contribution in [0.25, 0.3) is 0 Å². The number of carbonyl (C=O) groups is 2. The molecule has 158 valence electrons. The van der Waals surface area contributed by atoms with Crippen LogP contribution >= 0.6 is 0 Å². The van der Waals surface area contributed by atoms with Crippen molar-refractivity contribution in [3.63, 3.8) is 0 Å². The van der Waals surface area contributed by atoms with E-state index in [2.05, 4.69) is 11.1 Å². The number of aliphatic hydroxyl groups is 1. The summed E-state index contributed by atoms with van der Waals surface area (Å²) in [5.74, 6) is -0.125. The average molecular weight is 402 g/mol. The van der Waals surface area contributed by atoms with Crippen molar-refractivity contribution >= 4 is 11.8 Å². The van der Waals surface area contributed by atoms with Crippen LogP contribution in [-0.2, 0) is 4.79 Å². The number of nitrogens with zero attached hydrogens (tertiary/aromatic N) is 5. The van der Waals surface area contributed by atoms with E-state index < -0.39 is 18.2 Å². The molecule has 1 N–H and O–H groups in total. The molecule has 0 aromatic carbocycles. The number of ketones is 1. The van der Waals surface area contributed by atoms with Gasteiger partial charge in [0.05, 0.1) is 12.1 Å². The first kappa shape index (κ1) is 22.8. The van der Waals surface area contributed by atoms with Crippen molar-refractivity contribution in [2.75, 3.05) is 33.2 Å². The number of Topliss-reactive ketones (excluding diaryl/α,β-unsaturated/α-hetero) is 1. The Morgan fingerprint density at radius 1 is 1.28 bits per heavy atom. The zero-order valence-corrected chi connectivity index (χ0v) is 17.7. The quantitative estimate of drug-likeness (QED) is 0.746. The average Bonchev–Trinajstić information content (AvgIpc) is 2.72. The Bertz CT molecular complexity index is 724. The van der Waals surface area contributed by atoms with Gasteiger partial charge in [0.15, 0.2) is 5.78 Å². The summed E-state index contributed by atoms with van der Waals surface area (Å²) in [7, 11) is 1.62. The zero-order chi connectivity index (χ0) is 21.6. The molecule has 1 aromatic rings. The molecule has 1 saturated heterocycles. The predicted octanol–water partition coefficient (Wildman–Crippen LogP) is 1.68. The minimum atomic E-state index is -1.11. The third-order valence-corrected chi connectivity index (χ3v) is 5.28. The lowest BCUT2D eigenvalue weighted by Crippen LogP contribution is -2.56. The highest BCUT2D eigenvalue weighted by Crippen LogP contribution is 2.22. The van der Waals surface area contributed by atoms with Crippen molar-refractivity contribution in [3.05, 3.63) is 30.1 Å². The number of amides is 2. The van der Waals surface area contributed by atoms with E-state index in [-0.39, 0.29) is 17.7 Å². The number of nitriles is 1. The van der Waals surface area contributed by atoms with Gasteiger partial charge in [0, 0.05) is 51.2 Å². The molecule has 29 heavy (non-hydrogen) atoms. The fourth-order valence-electron chi connectivity index (χ4n) is 3.62. The van der Waals surface area contributed by atoms with Gasteiger partial charge in [-0.15, -0.1) is 0 Å². The number of carbonyl (C=O) groups excluding carboxylic acids is 2. The second-order valence-corrected chi connectivity index (χ2v) is 7.96. The van der Waals surface area contributed by atoms with E-state index in [1.165, 1.54) is 11.8 Å². The lowest BCUT2D eigenvalue weighted by molar-refractivity contribution is -0.131. The van der Waals surface area contributed by atoms with Gasteiger partial charge in [-0.1, -0.05) is 19.9 Å². The summed E-state index contributed by atoms with van der Waals surface area (Å²) < 4.78 is 0. The number of hydrogen-bond acceptors (Lipinski definition) is 6. The van der Waals surface area contributed by atoms with E-state index in [4.69, 9.17) is 0 Å². The first-order chi connectivity index (χ1) is 13.8. The van der Waals surface area contributed by atoms with Gasteiger partial charge in [-0.3, -0.25) is 14.7 Å². The van der Waals surface area contributed by atoms with Crippen molar-refractivity contribution in [2.24, 2.45) is 5.92 Å². The Morgan fingerprint density at radius 3 is 2.41 bits per heavy atom. The second kappa shape index (κ2) is 10.3. The van der Waals surface area contributed by atoms with Gasteiger partial charge in [0.1, 0.15) is 12.1 Å². The number of aliphatic hydroxyl groups excluding tert-OH is 1. The first-order valence-electron chi connectivity index (χ1n) is 10.0. The normalized spacial score (nSPS) is 18.0. The summed E-state index contributed by atoms with van der Waals surface area (Å²) >= 11 is 0. The van der Waals surface area contributed by atoms with Crippen molar-refractivity contribution in [2.45, 2.75) is 45.4 Å². The number of rotatable bonds is 7. The van der Waals surface area contributed by atoms with E-state index in [0.29, 0.717) is 32.6 Å². The van der Waals surface area contributed by atoms with E-state index in [9.17, 15) is 20.0 Å². The van der Waals surface area contributed by atoms with Gasteiger partial charge in [-0.2, -0.15) is 5.26 Å². The van der Waals surface area contributed by atoms with Crippen molar-refractivity contribution < 1.29 is 14.7 Å². The highest BCUT2D eigenvalue weighted by Gasteiger charge is 2.34. The van der Waals surface area contributed by atoms with E-state index in [0.717, 1.165) is 5.56 Å². The molecular weight excluding hydrogens is 370 g/mol. The molecule has 0 radical (unpaired) electrons. The van der Waals surface area contributed by atoms with Gasteiger partial charge in [-0.25, -0.2) is 4.79 Å². The molecule has 1 fully saturated rings. The van der Waals surface area contributed by atoms with E-state index >= 15 is 0 Å². The van der Waals surface area contributed by atoms with Crippen LogP contribution in [0.1, 0.15) is 38.8 Å². The molecule has 0 bridgehead atoms. The first-order valence-corrected chi connectivity index (χ1v) is 10.0. The van der Waals surface area contributed by atoms with Crippen LogP contribution in [0.5, 0.6) is 0 Å². The molecule has 0 saturated carbocycles. The molecule has 8 heteroatoms. The highest BCUT2D eigenvalue weighted by molar-refractivity contribution is 5.91. The molecule has 1 aromatic heterocycles. The van der Waals surface area contributed by atoms with Gasteiger partial charge >= 0.3 is 6.03 Å². The number of piperazine rings is 1. The van der Waals surface area contributed by atoms with Crippen LogP contribution in [0.4, 0.5) is 4.79 Å².